The second-order valence-corrected chi connectivity index (χ2v) is 24.3. The third-order valence-corrected chi connectivity index (χ3v) is 14.7. The maximum atomic E-state index is 13.4. The third kappa shape index (κ3) is 17.8. The fourth-order valence-electron chi connectivity index (χ4n) is 9.98. The summed E-state index contributed by atoms with van der Waals surface area (Å²) >= 11 is 0. The molecule has 0 aliphatic carbocycles. The molecule has 7 heterocycles. The normalized spacial score (nSPS) is 17.3. The van der Waals surface area contributed by atoms with Crippen molar-refractivity contribution in [3.63, 3.8) is 0 Å². The number of rotatable bonds is 21. The number of aryl methyl sites for hydroxylation is 1. The van der Waals surface area contributed by atoms with Crippen LogP contribution in [0.2, 0.25) is 0 Å². The summed E-state index contributed by atoms with van der Waals surface area (Å²) in [6.07, 6.45) is 0.518. The van der Waals surface area contributed by atoms with Gasteiger partial charge in [-0.15, -0.1) is 0 Å². The number of carbonyl (C=O) groups excluding carboxylic acids is 4. The Morgan fingerprint density at radius 2 is 1.13 bits per heavy atom. The summed E-state index contributed by atoms with van der Waals surface area (Å²) in [4.78, 5) is 82.0. The highest BCUT2D eigenvalue weighted by Crippen LogP contribution is 2.32. The van der Waals surface area contributed by atoms with Gasteiger partial charge in [0.25, 0.3) is 11.8 Å². The molecule has 9 rings (SSSR count). The van der Waals surface area contributed by atoms with E-state index in [0.717, 1.165) is 47.3 Å². The van der Waals surface area contributed by atoms with Gasteiger partial charge in [-0.05, 0) is 121 Å². The number of aromatic hydroxyl groups is 1. The maximum Gasteiger partial charge on any atom is 0.410 e. The summed E-state index contributed by atoms with van der Waals surface area (Å²) in [5.41, 5.74) is 3.13. The Morgan fingerprint density at radius 3 is 1.54 bits per heavy atom. The number of hydrogen-bond donors (Lipinski definition) is 7. The van der Waals surface area contributed by atoms with Crippen LogP contribution in [0.25, 0.3) is 0 Å². The zero-order chi connectivity index (χ0) is 62.7. The van der Waals surface area contributed by atoms with Crippen LogP contribution in [-0.2, 0) is 51.5 Å². The van der Waals surface area contributed by atoms with Gasteiger partial charge in [-0.3, -0.25) is 19.4 Å². The highest BCUT2D eigenvalue weighted by Gasteiger charge is 2.39. The predicted octanol–water partition coefficient (Wildman–Crippen LogP) is 5.75. The molecular weight excluding hydrogens is 1120 g/mol. The van der Waals surface area contributed by atoms with E-state index in [1.165, 1.54) is 16.2 Å². The quantitative estimate of drug-likeness (QED) is 0.0460. The van der Waals surface area contributed by atoms with Gasteiger partial charge < -0.3 is 74.5 Å². The van der Waals surface area contributed by atoms with Gasteiger partial charge in [0.1, 0.15) is 52.3 Å². The number of phenolic OH excluding ortho intramolecular Hbond substituents is 1. The van der Waals surface area contributed by atoms with E-state index in [4.69, 9.17) is 28.1 Å². The summed E-state index contributed by atoms with van der Waals surface area (Å²) in [6.45, 7) is 20.7. The lowest BCUT2D eigenvalue weighted by atomic mass is 9.91. The molecule has 87 heavy (non-hydrogen) atoms. The fraction of sp³-hybridized carbons (Fsp3) is 0.557. The summed E-state index contributed by atoms with van der Waals surface area (Å²) in [5, 5.41) is 44.7. The monoisotopic (exact) mass is 1210 g/mol. The van der Waals surface area contributed by atoms with Crippen LogP contribution >= 0.6 is 0 Å². The van der Waals surface area contributed by atoms with Crippen LogP contribution in [-0.4, -0.2) is 188 Å². The standard InChI is InChI=1S/C33H45N7O7.C28H40N6O6/c1-7-10-39(6)31-37-25(13-29(38-31)36-23-16-44-17-23)30(42)34-14-27(41)26-12-21-8-9-24(45-18-28-20(2)35-19-46-28)11-22(21)15-40(26)32(43)47-33(3,4)5;1-6-9-33(5)26-31-21(12-24(32-26)30-19-15-39-16-19)25(37)29-13-23(36)22-11-17-7-8-20(35)10-18(17)14-34(22)27(38)40-28(2,3)4/h8-9,11,13,19,23,26-27,41H,7,10,12,14-18H2,1-6H3,(H,34,42)(H,36,37,38);7-8,10,12,19,22-23,35-36H,6,9,11,13-16H2,1-5H3,(H,29,37)(H,30,31,32)/t26-,27+;22-,23+/m00/s1. The predicted molar refractivity (Wildman–Crippen MR) is 323 cm³/mol. The minimum atomic E-state index is -1.10. The lowest BCUT2D eigenvalue weighted by Crippen LogP contribution is -2.54. The highest BCUT2D eigenvalue weighted by molar-refractivity contribution is 5.94. The molecule has 4 atom stereocenters. The molecule has 472 valence electrons. The van der Waals surface area contributed by atoms with Crippen molar-refractivity contribution < 1.29 is 62.6 Å². The first-order chi connectivity index (χ1) is 41.3. The van der Waals surface area contributed by atoms with E-state index in [2.05, 4.69) is 53.1 Å². The minimum Gasteiger partial charge on any atom is -0.508 e. The van der Waals surface area contributed by atoms with E-state index in [9.17, 15) is 34.5 Å². The zero-order valence-corrected chi connectivity index (χ0v) is 51.7. The number of ether oxygens (including phenoxy) is 5. The summed E-state index contributed by atoms with van der Waals surface area (Å²) in [5.74, 6) is 2.30. The number of nitrogens with one attached hydrogen (secondary N) is 4. The van der Waals surface area contributed by atoms with Crippen molar-refractivity contribution in [3.8, 4) is 11.5 Å². The SMILES string of the molecule is CCCN(C)c1nc(NC2COC2)cc(C(=O)NC[C@@H](O)[C@@H]2Cc3ccc(O)cc3CN2C(=O)OC(C)(C)C)n1.CCCN(C)c1nc(NC2COC2)cc(C(=O)NC[C@@H](O)[C@@H]2Cc3ccc(OCc4ocnc4C)cc3CN2C(=O)OC(C)(C)C)n1. The zero-order valence-electron chi connectivity index (χ0n) is 51.7. The van der Waals surface area contributed by atoms with Gasteiger partial charge >= 0.3 is 12.2 Å². The molecule has 5 aromatic rings. The number of aliphatic hydroxyl groups excluding tert-OH is 2. The second kappa shape index (κ2) is 28.6. The number of benzene rings is 2. The van der Waals surface area contributed by atoms with Crippen LogP contribution in [0.4, 0.5) is 33.1 Å². The van der Waals surface area contributed by atoms with Gasteiger partial charge in [-0.1, -0.05) is 26.0 Å². The Labute approximate surface area is 507 Å². The Balaban J connectivity index is 0.000000229. The summed E-state index contributed by atoms with van der Waals surface area (Å²) < 4.78 is 33.1. The van der Waals surface area contributed by atoms with E-state index in [1.807, 2.05) is 55.9 Å². The molecule has 2 fully saturated rings. The molecule has 4 amide bonds. The average Bonchev–Trinajstić information content (AvgIpc) is 1.81. The van der Waals surface area contributed by atoms with Gasteiger partial charge in [-0.25, -0.2) is 24.5 Å². The van der Waals surface area contributed by atoms with Crippen molar-refractivity contribution >= 4 is 47.5 Å². The number of phenols is 1. The third-order valence-electron chi connectivity index (χ3n) is 14.7. The minimum absolute atomic E-state index is 0.0987. The summed E-state index contributed by atoms with van der Waals surface area (Å²) in [6, 6.07) is 12.7. The Kier molecular flexibility index (Phi) is 21.4. The number of aromatic nitrogens is 5. The molecule has 26 nitrogen and oxygen atoms in total. The first-order valence-electron chi connectivity index (χ1n) is 29.6. The topological polar surface area (TPSA) is 314 Å². The molecule has 7 N–H and O–H groups in total. The number of nitrogens with zero attached hydrogens (tertiary/aromatic N) is 9. The first kappa shape index (κ1) is 64.9. The van der Waals surface area contributed by atoms with E-state index >= 15 is 0 Å². The Morgan fingerprint density at radius 1 is 0.667 bits per heavy atom. The smallest absolute Gasteiger partial charge is 0.410 e. The van der Waals surface area contributed by atoms with Crippen molar-refractivity contribution in [1.82, 2.24) is 45.4 Å². The number of aliphatic hydroxyl groups is 2. The molecule has 2 aromatic carbocycles. The molecule has 3 aromatic heterocycles. The fourth-order valence-corrected chi connectivity index (χ4v) is 9.98. The maximum absolute atomic E-state index is 13.4. The van der Waals surface area contributed by atoms with Crippen LogP contribution in [0.1, 0.15) is 123 Å². The van der Waals surface area contributed by atoms with E-state index in [0.29, 0.717) is 80.9 Å². The van der Waals surface area contributed by atoms with Gasteiger partial charge in [0, 0.05) is 65.5 Å². The largest absolute Gasteiger partial charge is 0.508 e. The Bertz CT molecular complexity index is 3180. The average molecular weight is 1210 g/mol. The molecule has 0 unspecified atom stereocenters. The van der Waals surface area contributed by atoms with E-state index in [-0.39, 0.29) is 62.0 Å². The molecule has 0 bridgehead atoms. The van der Waals surface area contributed by atoms with Crippen LogP contribution in [0, 0.1) is 6.92 Å². The van der Waals surface area contributed by atoms with Crippen LogP contribution in [0.3, 0.4) is 0 Å². The van der Waals surface area contributed by atoms with Crippen LogP contribution in [0.5, 0.6) is 11.5 Å². The van der Waals surface area contributed by atoms with Crippen molar-refractivity contribution in [2.75, 3.05) is 87.1 Å². The highest BCUT2D eigenvalue weighted by atomic mass is 16.6. The molecular formula is C61H85N13O13. The number of carbonyl (C=O) groups is 4. The lowest BCUT2D eigenvalue weighted by Gasteiger charge is -2.40. The first-order valence-corrected chi connectivity index (χ1v) is 29.6. The van der Waals surface area contributed by atoms with Gasteiger partial charge in [-0.2, -0.15) is 9.97 Å². The lowest BCUT2D eigenvalue weighted by molar-refractivity contribution is -0.0119. The number of amides is 4. The molecule has 0 spiro atoms. The molecule has 4 aliphatic rings. The summed E-state index contributed by atoms with van der Waals surface area (Å²) in [7, 11) is 3.74. The molecule has 0 saturated carbocycles. The van der Waals surface area contributed by atoms with Crippen molar-refractivity contribution in [1.29, 1.82) is 0 Å². The molecule has 4 aliphatic heterocycles. The van der Waals surface area contributed by atoms with Gasteiger partial charge in [0.15, 0.2) is 12.2 Å². The molecule has 2 saturated heterocycles. The van der Waals surface area contributed by atoms with Crippen molar-refractivity contribution in [3.05, 3.63) is 100 Å². The van der Waals surface area contributed by atoms with Gasteiger partial charge in [0.05, 0.1) is 68.5 Å². The number of anilines is 4. The number of oxazole rings is 1. The second-order valence-electron chi connectivity index (χ2n) is 24.3. The number of hydrogen-bond acceptors (Lipinski definition) is 22. The Hall–Kier alpha value is -8.07. The molecule has 0 radical (unpaired) electrons. The number of fused-ring (bicyclic) bond motifs is 2. The van der Waals surface area contributed by atoms with Crippen LogP contribution in [0.15, 0.2) is 59.3 Å². The van der Waals surface area contributed by atoms with Crippen molar-refractivity contribution in [2.45, 2.75) is 155 Å². The van der Waals surface area contributed by atoms with E-state index in [1.54, 1.807) is 71.9 Å². The van der Waals surface area contributed by atoms with E-state index < -0.39 is 59.5 Å². The van der Waals surface area contributed by atoms with Gasteiger partial charge in [0.2, 0.25) is 11.9 Å². The van der Waals surface area contributed by atoms with Crippen LogP contribution < -0.4 is 35.8 Å². The van der Waals surface area contributed by atoms with Crippen molar-refractivity contribution in [2.24, 2.45) is 0 Å². The molecule has 26 heteroatoms.